The van der Waals surface area contributed by atoms with Crippen molar-refractivity contribution >= 4 is 76.4 Å². The zero-order valence-corrected chi connectivity index (χ0v) is 69.0. The molecule has 9 amide bonds. The Labute approximate surface area is 706 Å². The molecule has 0 radical (unpaired) electrons. The van der Waals surface area contributed by atoms with Crippen LogP contribution in [-0.4, -0.2) is 210 Å². The Morgan fingerprint density at radius 3 is 1.90 bits per heavy atom. The molecule has 15 bridgehead atoms. The lowest BCUT2D eigenvalue weighted by atomic mass is 9.54. The second kappa shape index (κ2) is 37.2. The molecular formula is C84H104Cl2N10O25. The standard InChI is InChI=1S/C84H104Cl2N10O25/c1-8-9-10-17-115-36(5)75(107)90-59(101)31-51-77(109)92-64-44-27-56(117-54-15-12-40(25-48(54)85)68(102)66(81(113)89-51)95-76(108)50(88-7)18-34(2)3)72(121-83-73(71(105)70(104)58(33-97)119-83)120-60-32-84(6,87)74(106)35(4)116-60)57(28-44)118-55-16-13-41(26-49(55)86)69(103)67-82(114)94-65(80(112)91-62-42-20-37-19-38(22-42)23-43(62)21-37)47-29-45(98)30-53(100)61(47)46-24-39(11-14-52(46)99)63(78(110)96-67)93-79(64)111/h11-16,24-30,34-38,42-43,50-51,58,60,62-71,73-74,83,88,97-100,102-106H,8-10,17-23,31-33,87H2,1-7H3,(H,89,113)(H,91,112)(H,92,109)(H,93,111)(H,94,114)(H,95,108)(H,96,110)(H,90,101,107)/t35-,36?,37?,38?,42?,43?,50+,51-,58+,60-,62?,63+,64+,65-,66+,67-,68+,69+,70+,71-,73+,74+,83-,84-/m0/s1. The number of amides is 9. The van der Waals surface area contributed by atoms with Crippen LogP contribution in [0, 0.1) is 29.6 Å². The highest BCUT2D eigenvalue weighted by atomic mass is 35.5. The van der Waals surface area contributed by atoms with E-state index in [1.807, 2.05) is 20.8 Å². The number of likely N-dealkylation sites (N-methyl/N-ethyl adjacent to an activating group) is 1. The SMILES string of the molecule is CCCCCOC(C)C(=O)NC(=O)C[C@@H]1NC(=O)[C@H](NC(=O)[C@@H](CC(C)C)NC)[C@H](O)c2ccc(c(Cl)c2)Oc2cc3cc(c2O[C@@H]2O[C@H](CO)[C@@H](O)[C@H](O)[C@H]2O[C@H]2C[C@](C)(N)[C@H](O)[C@H](C)O2)Oc2ccc(cc2Cl)[C@@H](O)[C@@H]2NC(=O)[C@H](NC(=O)[C@@H]3NC1=O)c1ccc(O)c(c1)-c1c(O)cc(O)cc1[C@@H](C(=O)NC1C3CC4CC(C3)CC1C4)NC2=O. The number of aliphatic hydroxyl groups excluding tert-OH is 6. The first-order valence-corrected chi connectivity index (χ1v) is 41.5. The highest BCUT2D eigenvalue weighted by Gasteiger charge is 2.53. The highest BCUT2D eigenvalue weighted by Crippen LogP contribution is 2.55. The number of nitrogens with two attached hydrogens (primary N) is 1. The highest BCUT2D eigenvalue weighted by molar-refractivity contribution is 6.32. The van der Waals surface area contributed by atoms with Crippen molar-refractivity contribution in [3.63, 3.8) is 0 Å². The third-order valence-corrected chi connectivity index (χ3v) is 24.6. The molecule has 2 saturated heterocycles. The maximum Gasteiger partial charge on any atom is 0.255 e. The number of halogens is 2. The van der Waals surface area contributed by atoms with Crippen molar-refractivity contribution in [3.8, 4) is 57.1 Å². The fraction of sp³-hybridized carbons (Fsp3) is 0.536. The van der Waals surface area contributed by atoms with Crippen LogP contribution in [0.2, 0.25) is 10.0 Å². The Balaban J connectivity index is 1.02. The molecule has 16 rings (SSSR count). The third kappa shape index (κ3) is 19.4. The molecule has 19 atom stereocenters. The van der Waals surface area contributed by atoms with Gasteiger partial charge in [0.2, 0.25) is 59.3 Å². The number of carbonyl (C=O) groups is 9. The molecule has 7 heterocycles. The summed E-state index contributed by atoms with van der Waals surface area (Å²) in [5.74, 6) is -14.6. The van der Waals surface area contributed by atoms with E-state index in [1.54, 1.807) is 0 Å². The number of fused-ring (bicyclic) bond motifs is 15. The average Bonchev–Trinajstić information content (AvgIpc) is 0.753. The number of carbonyl (C=O) groups excluding carboxylic acids is 9. The fourth-order valence-electron chi connectivity index (χ4n) is 17.9. The van der Waals surface area contributed by atoms with Crippen molar-refractivity contribution in [1.82, 2.24) is 47.9 Å². The van der Waals surface area contributed by atoms with Crippen LogP contribution >= 0.6 is 23.2 Å². The van der Waals surface area contributed by atoms with E-state index < -0.39 is 227 Å². The topological polar surface area (TPSA) is 535 Å². The summed E-state index contributed by atoms with van der Waals surface area (Å²) in [6.07, 6.45) is -13.6. The summed E-state index contributed by atoms with van der Waals surface area (Å²) >= 11 is 14.5. The number of hydrogen-bond donors (Lipinski definition) is 19. The quantitative estimate of drug-likeness (QED) is 0.0494. The minimum Gasteiger partial charge on any atom is -0.508 e. The lowest BCUT2D eigenvalue weighted by Gasteiger charge is -2.54. The summed E-state index contributed by atoms with van der Waals surface area (Å²) in [6, 6.07) is -0.0353. The minimum atomic E-state index is -2.40. The van der Waals surface area contributed by atoms with Gasteiger partial charge >= 0.3 is 0 Å². The van der Waals surface area contributed by atoms with E-state index in [1.165, 1.54) is 52.1 Å². The summed E-state index contributed by atoms with van der Waals surface area (Å²) in [6.45, 7) is 9.11. The van der Waals surface area contributed by atoms with E-state index in [4.69, 9.17) is 62.1 Å². The molecule has 1 unspecified atom stereocenters. The van der Waals surface area contributed by atoms with Crippen molar-refractivity contribution in [2.24, 2.45) is 35.3 Å². The van der Waals surface area contributed by atoms with Gasteiger partial charge in [-0.2, -0.15) is 0 Å². The average molecular weight is 1720 g/mol. The second-order valence-electron chi connectivity index (χ2n) is 33.5. The molecule has 0 aromatic heterocycles. The number of aromatic hydroxyl groups is 3. The number of hydrogen-bond acceptors (Lipinski definition) is 27. The van der Waals surface area contributed by atoms with Crippen LogP contribution in [-0.2, 0) is 62.1 Å². The van der Waals surface area contributed by atoms with E-state index in [0.717, 1.165) is 99.5 Å². The van der Waals surface area contributed by atoms with Crippen LogP contribution in [0.5, 0.6) is 46.0 Å². The molecule has 7 aliphatic heterocycles. The molecule has 4 saturated carbocycles. The maximum absolute atomic E-state index is 16.6. The number of phenols is 3. The second-order valence-corrected chi connectivity index (χ2v) is 34.3. The molecule has 20 N–H and O–H groups in total. The Morgan fingerprint density at radius 1 is 0.669 bits per heavy atom. The predicted molar refractivity (Wildman–Crippen MR) is 430 cm³/mol. The number of ether oxygens (including phenoxy) is 7. The Morgan fingerprint density at radius 2 is 1.29 bits per heavy atom. The van der Waals surface area contributed by atoms with Crippen LogP contribution < -0.4 is 67.8 Å². The maximum atomic E-state index is 16.6. The molecule has 5 aromatic rings. The van der Waals surface area contributed by atoms with Gasteiger partial charge in [0.05, 0.1) is 41.3 Å². The van der Waals surface area contributed by atoms with Crippen LogP contribution in [0.15, 0.2) is 78.9 Å². The normalized spacial score (nSPS) is 31.3. The van der Waals surface area contributed by atoms with E-state index in [2.05, 4.69) is 47.9 Å². The third-order valence-electron chi connectivity index (χ3n) is 24.1. The Bertz CT molecular complexity index is 4740. The first-order chi connectivity index (χ1) is 57.5. The number of phenolic OH excluding ortho intramolecular Hbond substituents is 3. The van der Waals surface area contributed by atoms with Crippen molar-refractivity contribution in [2.45, 2.75) is 234 Å². The zero-order valence-electron chi connectivity index (χ0n) is 67.4. The smallest absolute Gasteiger partial charge is 0.255 e. The van der Waals surface area contributed by atoms with Crippen LogP contribution in [0.3, 0.4) is 0 Å². The predicted octanol–water partition coefficient (Wildman–Crippen LogP) is 3.72. The first-order valence-electron chi connectivity index (χ1n) is 40.7. The monoisotopic (exact) mass is 1720 g/mol. The Hall–Kier alpha value is -9.57. The van der Waals surface area contributed by atoms with Gasteiger partial charge in [-0.15, -0.1) is 0 Å². The minimum absolute atomic E-state index is 0.0586. The van der Waals surface area contributed by atoms with Crippen molar-refractivity contribution < 1.29 is 122 Å². The lowest BCUT2D eigenvalue weighted by molar-refractivity contribution is -0.333. The van der Waals surface area contributed by atoms with Gasteiger partial charge in [0.1, 0.15) is 102 Å². The van der Waals surface area contributed by atoms with Gasteiger partial charge in [-0.25, -0.2) is 0 Å². The molecule has 6 fully saturated rings. The number of benzene rings is 5. The van der Waals surface area contributed by atoms with E-state index >= 15 is 28.8 Å². The van der Waals surface area contributed by atoms with Crippen LogP contribution in [0.1, 0.15) is 170 Å². The number of unbranched alkanes of at least 4 members (excludes halogenated alkanes) is 2. The summed E-state index contributed by atoms with van der Waals surface area (Å²) < 4.78 is 44.7. The molecule has 0 spiro atoms. The van der Waals surface area contributed by atoms with E-state index in [9.17, 15) is 60.3 Å². The van der Waals surface area contributed by atoms with Crippen molar-refractivity contribution in [2.75, 3.05) is 20.3 Å². The van der Waals surface area contributed by atoms with E-state index in [-0.39, 0.29) is 93.1 Å². The lowest BCUT2D eigenvalue weighted by Crippen LogP contribution is -2.64. The molecule has 4 aliphatic carbocycles. The van der Waals surface area contributed by atoms with Gasteiger partial charge in [0.25, 0.3) is 5.91 Å². The number of rotatable bonds is 20. The largest absolute Gasteiger partial charge is 0.508 e. The van der Waals surface area contributed by atoms with Gasteiger partial charge in [-0.3, -0.25) is 48.5 Å². The van der Waals surface area contributed by atoms with Crippen LogP contribution in [0.4, 0.5) is 0 Å². The molecule has 654 valence electrons. The molecule has 121 heavy (non-hydrogen) atoms. The number of imide groups is 1. The summed E-state index contributed by atoms with van der Waals surface area (Å²) in [4.78, 5) is 138. The van der Waals surface area contributed by atoms with Gasteiger partial charge in [-0.1, -0.05) is 75.0 Å². The molecule has 11 aliphatic rings. The number of nitrogens with one attached hydrogen (secondary N) is 9. The summed E-state index contributed by atoms with van der Waals surface area (Å²) in [7, 11) is 1.48. The summed E-state index contributed by atoms with van der Waals surface area (Å²) in [5.41, 5.74) is 2.95. The molecular weight excluding hydrogens is 1620 g/mol. The van der Waals surface area contributed by atoms with Crippen molar-refractivity contribution in [1.29, 1.82) is 0 Å². The molecule has 35 nitrogen and oxygen atoms in total. The van der Waals surface area contributed by atoms with Gasteiger partial charge < -0.3 is 127 Å². The van der Waals surface area contributed by atoms with Crippen LogP contribution in [0.25, 0.3) is 11.1 Å². The zero-order chi connectivity index (χ0) is 87.1. The Kier molecular flexibility index (Phi) is 27.5. The van der Waals surface area contributed by atoms with Crippen molar-refractivity contribution in [3.05, 3.63) is 117 Å². The molecule has 5 aromatic carbocycles. The van der Waals surface area contributed by atoms with Gasteiger partial charge in [-0.05, 0) is 185 Å². The first kappa shape index (κ1) is 89.2. The number of aliphatic hydroxyl groups is 6. The molecule has 37 heteroatoms. The summed E-state index contributed by atoms with van der Waals surface area (Å²) in [5, 5.41) is 130. The van der Waals surface area contributed by atoms with E-state index in [0.29, 0.717) is 18.3 Å². The van der Waals surface area contributed by atoms with Gasteiger partial charge in [0.15, 0.2) is 23.9 Å². The van der Waals surface area contributed by atoms with Gasteiger partial charge in [0, 0.05) is 41.8 Å². The fourth-order valence-corrected chi connectivity index (χ4v) is 18.3.